The first-order valence-corrected chi connectivity index (χ1v) is 8.46. The first-order chi connectivity index (χ1) is 9.39. The largest absolute Gasteiger partial charge is 0.420 e. The molecule has 20 heavy (non-hydrogen) atoms. The van der Waals surface area contributed by atoms with E-state index in [2.05, 4.69) is 10.2 Å². The quantitative estimate of drug-likeness (QED) is 0.838. The van der Waals surface area contributed by atoms with Gasteiger partial charge in [0.2, 0.25) is 11.8 Å². The molecule has 0 aliphatic heterocycles. The van der Waals surface area contributed by atoms with Gasteiger partial charge in [-0.3, -0.25) is 0 Å². The van der Waals surface area contributed by atoms with E-state index in [0.717, 1.165) is 0 Å². The van der Waals surface area contributed by atoms with Gasteiger partial charge >= 0.3 is 0 Å². The molecule has 2 rings (SSSR count). The molecule has 8 heteroatoms. The second-order valence-electron chi connectivity index (χ2n) is 4.25. The van der Waals surface area contributed by atoms with Gasteiger partial charge in [0.25, 0.3) is 0 Å². The third-order valence-corrected chi connectivity index (χ3v) is 4.59. The van der Waals surface area contributed by atoms with Gasteiger partial charge in [0.05, 0.1) is 5.75 Å². The van der Waals surface area contributed by atoms with Gasteiger partial charge in [0.1, 0.15) is 5.75 Å². The second-order valence-corrected chi connectivity index (χ2v) is 7.31. The van der Waals surface area contributed by atoms with Gasteiger partial charge in [-0.05, 0) is 24.6 Å². The summed E-state index contributed by atoms with van der Waals surface area (Å²) in [6.07, 6.45) is 0.549. The first-order valence-electron chi connectivity index (χ1n) is 5.89. The summed E-state index contributed by atoms with van der Waals surface area (Å²) in [4.78, 5) is 0. The van der Waals surface area contributed by atoms with Crippen molar-refractivity contribution in [3.63, 3.8) is 0 Å². The van der Waals surface area contributed by atoms with Crippen LogP contribution in [0, 0.1) is 0 Å². The van der Waals surface area contributed by atoms with Crippen LogP contribution in [-0.4, -0.2) is 24.4 Å². The number of nitrogens with zero attached hydrogens (tertiary/aromatic N) is 2. The standard InChI is InChI=1S/C12H12Cl2N2O3S/c1-2-3-20(17,18)7-11-15-16-12(19-11)8-4-9(13)6-10(14)5-8/h4-6H,2-3,7H2,1H3. The number of rotatable bonds is 5. The Morgan fingerprint density at radius 1 is 1.15 bits per heavy atom. The lowest BCUT2D eigenvalue weighted by molar-refractivity contribution is 0.518. The predicted molar refractivity (Wildman–Crippen MR) is 77.5 cm³/mol. The third-order valence-electron chi connectivity index (χ3n) is 2.43. The fourth-order valence-corrected chi connectivity index (χ4v) is 3.46. The van der Waals surface area contributed by atoms with Crippen LogP contribution in [0.25, 0.3) is 11.5 Å². The monoisotopic (exact) mass is 334 g/mol. The third kappa shape index (κ3) is 3.94. The number of aromatic nitrogens is 2. The lowest BCUT2D eigenvalue weighted by atomic mass is 10.2. The molecular formula is C12H12Cl2N2O3S. The van der Waals surface area contributed by atoms with E-state index >= 15 is 0 Å². The van der Waals surface area contributed by atoms with Crippen molar-refractivity contribution in [3.8, 4) is 11.5 Å². The molecule has 0 bridgehead atoms. The highest BCUT2D eigenvalue weighted by Gasteiger charge is 2.17. The van der Waals surface area contributed by atoms with Crippen molar-refractivity contribution in [2.75, 3.05) is 5.75 Å². The van der Waals surface area contributed by atoms with E-state index in [-0.39, 0.29) is 23.3 Å². The van der Waals surface area contributed by atoms with E-state index in [1.807, 2.05) is 0 Å². The Bertz CT molecular complexity index is 693. The highest BCUT2D eigenvalue weighted by atomic mass is 35.5. The van der Waals surface area contributed by atoms with Crippen molar-refractivity contribution in [1.82, 2.24) is 10.2 Å². The molecule has 0 amide bonds. The number of hydrogen-bond acceptors (Lipinski definition) is 5. The van der Waals surface area contributed by atoms with E-state index in [1.54, 1.807) is 25.1 Å². The minimum Gasteiger partial charge on any atom is -0.420 e. The minimum atomic E-state index is -3.22. The molecule has 1 aromatic carbocycles. The zero-order valence-corrected chi connectivity index (χ0v) is 13.0. The van der Waals surface area contributed by atoms with Gasteiger partial charge in [0, 0.05) is 15.6 Å². The number of sulfone groups is 1. The predicted octanol–water partition coefficient (Wildman–Crippen LogP) is 3.37. The fraction of sp³-hybridized carbons (Fsp3) is 0.333. The van der Waals surface area contributed by atoms with Crippen LogP contribution in [0.1, 0.15) is 19.2 Å². The average molecular weight is 335 g/mol. The Morgan fingerprint density at radius 3 is 2.40 bits per heavy atom. The summed E-state index contributed by atoms with van der Waals surface area (Å²) < 4.78 is 28.7. The van der Waals surface area contributed by atoms with Gasteiger partial charge in [-0.25, -0.2) is 8.42 Å². The molecule has 0 unspecified atom stereocenters. The summed E-state index contributed by atoms with van der Waals surface area (Å²) in [6, 6.07) is 4.81. The van der Waals surface area contributed by atoms with Crippen LogP contribution in [0.5, 0.6) is 0 Å². The molecule has 0 N–H and O–H groups in total. The van der Waals surface area contributed by atoms with Crippen molar-refractivity contribution in [2.24, 2.45) is 0 Å². The van der Waals surface area contributed by atoms with Crippen molar-refractivity contribution in [3.05, 3.63) is 34.1 Å². The molecule has 0 fully saturated rings. The van der Waals surface area contributed by atoms with Gasteiger partial charge in [-0.1, -0.05) is 30.1 Å². The normalized spacial score (nSPS) is 11.8. The lowest BCUT2D eigenvalue weighted by Crippen LogP contribution is -2.08. The highest BCUT2D eigenvalue weighted by molar-refractivity contribution is 7.90. The molecular weight excluding hydrogens is 323 g/mol. The van der Waals surface area contributed by atoms with E-state index in [4.69, 9.17) is 27.6 Å². The summed E-state index contributed by atoms with van der Waals surface area (Å²) in [6.45, 7) is 1.80. The molecule has 0 atom stereocenters. The summed E-state index contributed by atoms with van der Waals surface area (Å²) in [7, 11) is -3.22. The molecule has 1 heterocycles. The molecule has 0 radical (unpaired) electrons. The van der Waals surface area contributed by atoms with Crippen LogP contribution in [0.15, 0.2) is 22.6 Å². The molecule has 108 valence electrons. The van der Waals surface area contributed by atoms with Gasteiger partial charge in [-0.15, -0.1) is 10.2 Å². The van der Waals surface area contributed by atoms with Crippen molar-refractivity contribution in [2.45, 2.75) is 19.1 Å². The van der Waals surface area contributed by atoms with Gasteiger partial charge in [-0.2, -0.15) is 0 Å². The van der Waals surface area contributed by atoms with Crippen LogP contribution in [0.3, 0.4) is 0 Å². The molecule has 2 aromatic rings. The van der Waals surface area contributed by atoms with Crippen LogP contribution < -0.4 is 0 Å². The van der Waals surface area contributed by atoms with Crippen LogP contribution in [-0.2, 0) is 15.6 Å². The molecule has 5 nitrogen and oxygen atoms in total. The Hall–Kier alpha value is -1.11. The maximum atomic E-state index is 11.7. The smallest absolute Gasteiger partial charge is 0.247 e. The Kier molecular flexibility index (Phi) is 4.67. The van der Waals surface area contributed by atoms with Gasteiger partial charge < -0.3 is 4.42 Å². The Balaban J connectivity index is 2.25. The summed E-state index contributed by atoms with van der Waals surface area (Å²) in [5, 5.41) is 8.42. The molecule has 0 spiro atoms. The summed E-state index contributed by atoms with van der Waals surface area (Å²) >= 11 is 11.8. The van der Waals surface area contributed by atoms with Crippen molar-refractivity contribution in [1.29, 1.82) is 0 Å². The van der Waals surface area contributed by atoms with E-state index < -0.39 is 9.84 Å². The fourth-order valence-electron chi connectivity index (χ4n) is 1.68. The van der Waals surface area contributed by atoms with E-state index in [9.17, 15) is 8.42 Å². The molecule has 0 saturated heterocycles. The number of benzene rings is 1. The maximum Gasteiger partial charge on any atom is 0.247 e. The minimum absolute atomic E-state index is 0.0598. The van der Waals surface area contributed by atoms with Crippen LogP contribution >= 0.6 is 23.2 Å². The summed E-state index contributed by atoms with van der Waals surface area (Å²) in [5.41, 5.74) is 0.550. The van der Waals surface area contributed by atoms with Crippen LogP contribution in [0.2, 0.25) is 10.0 Å². The van der Waals surface area contributed by atoms with Crippen molar-refractivity contribution < 1.29 is 12.8 Å². The zero-order valence-electron chi connectivity index (χ0n) is 10.6. The second kappa shape index (κ2) is 6.11. The SMILES string of the molecule is CCCS(=O)(=O)Cc1nnc(-c2cc(Cl)cc(Cl)c2)o1. The molecule has 0 aliphatic carbocycles. The number of hydrogen-bond donors (Lipinski definition) is 0. The topological polar surface area (TPSA) is 73.1 Å². The summed E-state index contributed by atoms with van der Waals surface area (Å²) in [5.74, 6) is 0.0798. The number of halogens is 2. The Labute approximate surface area is 126 Å². The molecule has 1 aromatic heterocycles. The Morgan fingerprint density at radius 2 is 1.80 bits per heavy atom. The van der Waals surface area contributed by atoms with E-state index in [0.29, 0.717) is 22.0 Å². The van der Waals surface area contributed by atoms with Crippen molar-refractivity contribution >= 4 is 33.0 Å². The van der Waals surface area contributed by atoms with E-state index in [1.165, 1.54) is 0 Å². The lowest BCUT2D eigenvalue weighted by Gasteiger charge is -1.99. The molecule has 0 aliphatic rings. The zero-order chi connectivity index (χ0) is 14.8. The highest BCUT2D eigenvalue weighted by Crippen LogP contribution is 2.26. The maximum absolute atomic E-state index is 11.7. The molecule has 0 saturated carbocycles. The van der Waals surface area contributed by atoms with Gasteiger partial charge in [0.15, 0.2) is 9.84 Å². The average Bonchev–Trinajstić information content (AvgIpc) is 2.75. The first kappa shape index (κ1) is 15.3. The van der Waals surface area contributed by atoms with Crippen LogP contribution in [0.4, 0.5) is 0 Å².